The minimum Gasteiger partial charge on any atom is -0.467 e. The number of rotatable bonds is 4. The monoisotopic (exact) mass is 335 g/mol. The van der Waals surface area contributed by atoms with Crippen molar-refractivity contribution in [3.05, 3.63) is 27.8 Å². The molecule has 1 rings (SSSR count). The molecule has 0 aliphatic carbocycles. The molecule has 5 heteroatoms. The number of hydrogen-bond acceptors (Lipinski definition) is 4. The molecule has 16 heavy (non-hydrogen) atoms. The van der Waals surface area contributed by atoms with Crippen molar-refractivity contribution in [1.29, 1.82) is 0 Å². The van der Waals surface area contributed by atoms with Crippen molar-refractivity contribution in [1.82, 2.24) is 0 Å². The zero-order chi connectivity index (χ0) is 12.2. The highest BCUT2D eigenvalue weighted by Gasteiger charge is 2.31. The van der Waals surface area contributed by atoms with Gasteiger partial charge >= 0.3 is 5.97 Å². The average Bonchev–Trinajstić information content (AvgIpc) is 2.27. The van der Waals surface area contributed by atoms with E-state index in [2.05, 4.69) is 32.6 Å². The molecule has 0 heterocycles. The summed E-state index contributed by atoms with van der Waals surface area (Å²) in [6.07, 6.45) is 0. The van der Waals surface area contributed by atoms with Gasteiger partial charge in [0.1, 0.15) is 0 Å². The number of hydrogen-bond donors (Lipinski definition) is 2. The van der Waals surface area contributed by atoms with Crippen LogP contribution in [0, 0.1) is 3.57 Å². The molecule has 0 bridgehead atoms. The van der Waals surface area contributed by atoms with Crippen LogP contribution < -0.4 is 5.32 Å². The number of benzene rings is 1. The molecule has 4 nitrogen and oxygen atoms in total. The molecule has 0 aliphatic heterocycles. The summed E-state index contributed by atoms with van der Waals surface area (Å²) in [5, 5.41) is 12.8. The lowest BCUT2D eigenvalue weighted by molar-refractivity contribution is -0.158. The summed E-state index contributed by atoms with van der Waals surface area (Å²) in [5.41, 5.74) is -0.638. The van der Waals surface area contributed by atoms with Crippen LogP contribution in [0.2, 0.25) is 0 Å². The largest absolute Gasteiger partial charge is 0.467 e. The van der Waals surface area contributed by atoms with Gasteiger partial charge in [0.05, 0.1) is 13.7 Å². The van der Waals surface area contributed by atoms with E-state index in [1.807, 2.05) is 24.3 Å². The lowest BCUT2D eigenvalue weighted by Crippen LogP contribution is -2.42. The van der Waals surface area contributed by atoms with Gasteiger partial charge in [0.15, 0.2) is 5.60 Å². The first kappa shape index (κ1) is 13.2. The Hall–Kier alpha value is -0.820. The number of halogens is 1. The van der Waals surface area contributed by atoms with E-state index in [0.29, 0.717) is 0 Å². The molecule has 0 saturated carbocycles. The summed E-state index contributed by atoms with van der Waals surface area (Å²) in [5.74, 6) is -0.647. The molecular formula is C11H14INO3. The molecule has 0 aliphatic rings. The zero-order valence-corrected chi connectivity index (χ0v) is 11.3. The predicted molar refractivity (Wildman–Crippen MR) is 70.3 cm³/mol. The van der Waals surface area contributed by atoms with Gasteiger partial charge in [-0.15, -0.1) is 0 Å². The number of aliphatic hydroxyl groups is 1. The number of para-hydroxylation sites is 1. The molecule has 0 radical (unpaired) electrons. The summed E-state index contributed by atoms with van der Waals surface area (Å²) >= 11 is 2.18. The predicted octanol–water partition coefficient (Wildman–Crippen LogP) is 1.63. The minimum atomic E-state index is -1.52. The Morgan fingerprint density at radius 1 is 1.56 bits per heavy atom. The van der Waals surface area contributed by atoms with Crippen LogP contribution in [-0.4, -0.2) is 30.3 Å². The van der Waals surface area contributed by atoms with Crippen LogP contribution in [0.4, 0.5) is 5.69 Å². The summed E-state index contributed by atoms with van der Waals surface area (Å²) in [4.78, 5) is 11.2. The third-order valence-corrected chi connectivity index (χ3v) is 3.06. The van der Waals surface area contributed by atoms with Crippen LogP contribution in [-0.2, 0) is 9.53 Å². The van der Waals surface area contributed by atoms with Crippen LogP contribution in [0.1, 0.15) is 6.92 Å². The van der Waals surface area contributed by atoms with Crippen LogP contribution in [0.25, 0.3) is 0 Å². The first-order valence-corrected chi connectivity index (χ1v) is 5.84. The number of nitrogens with one attached hydrogen (secondary N) is 1. The topological polar surface area (TPSA) is 58.6 Å². The van der Waals surface area contributed by atoms with Crippen molar-refractivity contribution in [3.8, 4) is 0 Å². The molecule has 0 spiro atoms. The third-order valence-electron chi connectivity index (χ3n) is 2.12. The second kappa shape index (κ2) is 5.49. The van der Waals surface area contributed by atoms with Gasteiger partial charge in [0, 0.05) is 9.26 Å². The number of methoxy groups -OCH3 is 1. The van der Waals surface area contributed by atoms with E-state index in [1.165, 1.54) is 14.0 Å². The highest BCUT2D eigenvalue weighted by atomic mass is 127. The Balaban J connectivity index is 2.65. The van der Waals surface area contributed by atoms with E-state index in [9.17, 15) is 9.90 Å². The molecule has 88 valence electrons. The molecule has 1 aromatic rings. The van der Waals surface area contributed by atoms with E-state index in [4.69, 9.17) is 0 Å². The highest BCUT2D eigenvalue weighted by molar-refractivity contribution is 14.1. The van der Waals surface area contributed by atoms with Gasteiger partial charge in [-0.1, -0.05) is 12.1 Å². The standard InChI is InChI=1S/C11H14INO3/c1-11(15,10(14)16-2)7-13-9-6-4-3-5-8(9)12/h3-6,13,15H,7H2,1-2H3. The third kappa shape index (κ3) is 3.34. The fourth-order valence-electron chi connectivity index (χ4n) is 1.16. The normalized spacial score (nSPS) is 14.0. The Labute approximate surface area is 108 Å². The number of esters is 1. The van der Waals surface area contributed by atoms with Crippen molar-refractivity contribution < 1.29 is 14.6 Å². The zero-order valence-electron chi connectivity index (χ0n) is 9.16. The van der Waals surface area contributed by atoms with Crippen molar-refractivity contribution in [3.63, 3.8) is 0 Å². The van der Waals surface area contributed by atoms with Gasteiger partial charge in [0.2, 0.25) is 0 Å². The Bertz CT molecular complexity index is 379. The second-order valence-corrected chi connectivity index (χ2v) is 4.76. The lowest BCUT2D eigenvalue weighted by atomic mass is 10.1. The van der Waals surface area contributed by atoms with Gasteiger partial charge in [-0.3, -0.25) is 0 Å². The van der Waals surface area contributed by atoms with Gasteiger partial charge < -0.3 is 15.2 Å². The van der Waals surface area contributed by atoms with Gasteiger partial charge in [-0.05, 0) is 41.6 Å². The SMILES string of the molecule is COC(=O)C(C)(O)CNc1ccccc1I. The van der Waals surface area contributed by atoms with Gasteiger partial charge in [-0.2, -0.15) is 0 Å². The summed E-state index contributed by atoms with van der Waals surface area (Å²) in [6, 6.07) is 7.63. The first-order valence-electron chi connectivity index (χ1n) is 4.76. The molecule has 0 aromatic heterocycles. The minimum absolute atomic E-state index is 0.111. The van der Waals surface area contributed by atoms with E-state index in [1.54, 1.807) is 0 Å². The molecular weight excluding hydrogens is 321 g/mol. The maximum absolute atomic E-state index is 11.2. The Kier molecular flexibility index (Phi) is 4.55. The fourth-order valence-corrected chi connectivity index (χ4v) is 1.74. The lowest BCUT2D eigenvalue weighted by Gasteiger charge is -2.21. The van der Waals surface area contributed by atoms with Crippen molar-refractivity contribution in [2.45, 2.75) is 12.5 Å². The smallest absolute Gasteiger partial charge is 0.339 e. The summed E-state index contributed by atoms with van der Waals surface area (Å²) < 4.78 is 5.53. The van der Waals surface area contributed by atoms with Crippen LogP contribution in [0.3, 0.4) is 0 Å². The Morgan fingerprint density at radius 2 is 2.19 bits per heavy atom. The van der Waals surface area contributed by atoms with E-state index < -0.39 is 11.6 Å². The quantitative estimate of drug-likeness (QED) is 0.649. The van der Waals surface area contributed by atoms with Gasteiger partial charge in [-0.25, -0.2) is 4.79 Å². The van der Waals surface area contributed by atoms with E-state index >= 15 is 0 Å². The van der Waals surface area contributed by atoms with Crippen LogP contribution in [0.5, 0.6) is 0 Å². The van der Waals surface area contributed by atoms with Crippen molar-refractivity contribution >= 4 is 34.2 Å². The second-order valence-electron chi connectivity index (χ2n) is 3.60. The molecule has 0 amide bonds. The van der Waals surface area contributed by atoms with Gasteiger partial charge in [0.25, 0.3) is 0 Å². The molecule has 1 unspecified atom stereocenters. The summed E-state index contributed by atoms with van der Waals surface area (Å²) in [6.45, 7) is 1.53. The molecule has 0 fully saturated rings. The Morgan fingerprint density at radius 3 is 2.75 bits per heavy atom. The average molecular weight is 335 g/mol. The maximum Gasteiger partial charge on any atom is 0.339 e. The maximum atomic E-state index is 11.2. The van der Waals surface area contributed by atoms with Crippen molar-refractivity contribution in [2.24, 2.45) is 0 Å². The number of ether oxygens (including phenoxy) is 1. The number of carbonyl (C=O) groups is 1. The van der Waals surface area contributed by atoms with Crippen molar-refractivity contribution in [2.75, 3.05) is 19.0 Å². The van der Waals surface area contributed by atoms with E-state index in [0.717, 1.165) is 9.26 Å². The molecule has 1 atom stereocenters. The number of carbonyl (C=O) groups excluding carboxylic acids is 1. The first-order chi connectivity index (χ1) is 7.47. The number of anilines is 1. The van der Waals surface area contributed by atoms with Crippen LogP contribution >= 0.6 is 22.6 Å². The summed E-state index contributed by atoms with van der Waals surface area (Å²) in [7, 11) is 1.25. The highest BCUT2D eigenvalue weighted by Crippen LogP contribution is 2.18. The molecule has 0 saturated heterocycles. The molecule has 2 N–H and O–H groups in total. The van der Waals surface area contributed by atoms with E-state index in [-0.39, 0.29) is 6.54 Å². The molecule has 1 aromatic carbocycles. The fraction of sp³-hybridized carbons (Fsp3) is 0.364. The van der Waals surface area contributed by atoms with Crippen LogP contribution in [0.15, 0.2) is 24.3 Å².